The summed E-state index contributed by atoms with van der Waals surface area (Å²) in [5, 5.41) is 16.0. The number of pyridine rings is 1. The maximum Gasteiger partial charge on any atom is 0.430 e. The third kappa shape index (κ3) is 5.70. The van der Waals surface area contributed by atoms with Gasteiger partial charge in [0.05, 0.1) is 23.9 Å². The number of nitrogens with zero attached hydrogens (tertiary/aromatic N) is 2. The molecule has 1 atom stereocenters. The molecule has 0 saturated carbocycles. The van der Waals surface area contributed by atoms with Gasteiger partial charge in [-0.25, -0.2) is 4.98 Å². The first-order valence-corrected chi connectivity index (χ1v) is 12.6. The number of hydrogen-bond acceptors (Lipinski definition) is 6. The number of halogens is 6. The van der Waals surface area contributed by atoms with Crippen LogP contribution in [-0.2, 0) is 10.3 Å². The summed E-state index contributed by atoms with van der Waals surface area (Å²) in [6.45, 7) is -0.289. The molecular formula is C27H24F6N6O2. The van der Waals surface area contributed by atoms with Gasteiger partial charge in [0.15, 0.2) is 0 Å². The second-order valence-electron chi connectivity index (χ2n) is 9.51. The summed E-state index contributed by atoms with van der Waals surface area (Å²) < 4.78 is 89.3. The summed E-state index contributed by atoms with van der Waals surface area (Å²) in [6, 6.07) is 10.9. The van der Waals surface area contributed by atoms with Gasteiger partial charge in [0.25, 0.3) is 11.5 Å². The highest BCUT2D eigenvalue weighted by atomic mass is 19.4. The van der Waals surface area contributed by atoms with Crippen LogP contribution in [0.25, 0.3) is 10.9 Å². The van der Waals surface area contributed by atoms with Crippen molar-refractivity contribution in [1.82, 2.24) is 20.5 Å². The summed E-state index contributed by atoms with van der Waals surface area (Å²) in [5.74, 6) is -0.500. The average molecular weight is 579 g/mol. The monoisotopic (exact) mass is 578 g/mol. The van der Waals surface area contributed by atoms with Gasteiger partial charge >= 0.3 is 12.4 Å². The SMILES string of the molecule is O=C(Nc1ccc(C(OCC2CCCN2)(C(F)(F)F)C(F)(F)F)cc1)c1cccnc1Nc1ccc2cn[nH]c2c1. The number of anilines is 3. The third-order valence-corrected chi connectivity index (χ3v) is 6.77. The van der Waals surface area contributed by atoms with Crippen molar-refractivity contribution in [2.75, 3.05) is 23.8 Å². The van der Waals surface area contributed by atoms with Crippen LogP contribution in [-0.4, -0.2) is 52.6 Å². The minimum atomic E-state index is -5.80. The van der Waals surface area contributed by atoms with E-state index >= 15 is 0 Å². The van der Waals surface area contributed by atoms with E-state index in [4.69, 9.17) is 4.74 Å². The zero-order chi connectivity index (χ0) is 29.3. The number of ether oxygens (including phenoxy) is 1. The summed E-state index contributed by atoms with van der Waals surface area (Å²) in [4.78, 5) is 17.2. The van der Waals surface area contributed by atoms with Crippen molar-refractivity contribution in [3.05, 3.63) is 78.1 Å². The van der Waals surface area contributed by atoms with Gasteiger partial charge in [-0.2, -0.15) is 31.4 Å². The lowest BCUT2D eigenvalue weighted by Gasteiger charge is -2.38. The Morgan fingerprint density at radius 1 is 1.00 bits per heavy atom. The Bertz CT molecular complexity index is 1500. The van der Waals surface area contributed by atoms with Crippen LogP contribution in [0, 0.1) is 0 Å². The standard InChI is InChI=1S/C27H24F6N6O2/c28-26(29,30)25(27(31,32)33,41-15-20-3-1-11-34-20)17-6-9-18(10-7-17)38-24(40)21-4-2-12-35-23(21)37-19-8-5-16-14-36-39-22(16)13-19/h2,4-10,12-14,20,34H,1,3,11,15H2,(H,35,37)(H,36,39)(H,38,40). The van der Waals surface area contributed by atoms with E-state index in [1.807, 2.05) is 0 Å². The van der Waals surface area contributed by atoms with Gasteiger partial charge in [-0.1, -0.05) is 12.1 Å². The van der Waals surface area contributed by atoms with Crippen molar-refractivity contribution in [3.8, 4) is 0 Å². The Labute approximate surface area is 229 Å². The number of aromatic amines is 1. The van der Waals surface area contributed by atoms with Crippen molar-refractivity contribution in [3.63, 3.8) is 0 Å². The molecule has 1 saturated heterocycles. The normalized spacial score (nSPS) is 16.2. The zero-order valence-corrected chi connectivity index (χ0v) is 21.2. The highest BCUT2D eigenvalue weighted by Gasteiger charge is 2.73. The van der Waals surface area contributed by atoms with Crippen molar-refractivity contribution >= 4 is 34.0 Å². The summed E-state index contributed by atoms with van der Waals surface area (Å²) in [7, 11) is 0. The van der Waals surface area contributed by atoms with Crippen LogP contribution in [0.4, 0.5) is 43.5 Å². The number of alkyl halides is 6. The Hall–Kier alpha value is -4.17. The van der Waals surface area contributed by atoms with E-state index in [9.17, 15) is 31.1 Å². The van der Waals surface area contributed by atoms with E-state index in [2.05, 4.69) is 31.1 Å². The van der Waals surface area contributed by atoms with Gasteiger partial charge in [0.1, 0.15) is 5.82 Å². The van der Waals surface area contributed by atoms with Crippen LogP contribution >= 0.6 is 0 Å². The summed E-state index contributed by atoms with van der Waals surface area (Å²) >= 11 is 0. The van der Waals surface area contributed by atoms with Crippen molar-refractivity contribution < 1.29 is 35.9 Å². The number of amides is 1. The minimum absolute atomic E-state index is 0.0249. The van der Waals surface area contributed by atoms with Crippen LogP contribution < -0.4 is 16.0 Å². The van der Waals surface area contributed by atoms with Gasteiger partial charge < -0.3 is 20.7 Å². The first-order valence-electron chi connectivity index (χ1n) is 12.6. The summed E-state index contributed by atoms with van der Waals surface area (Å²) in [5.41, 5.74) is -4.28. The number of nitrogens with one attached hydrogen (secondary N) is 4. The van der Waals surface area contributed by atoms with E-state index in [-0.39, 0.29) is 17.1 Å². The molecule has 3 heterocycles. The first-order chi connectivity index (χ1) is 19.5. The van der Waals surface area contributed by atoms with Crippen LogP contribution in [0.15, 0.2) is 67.0 Å². The molecule has 1 aliphatic rings. The van der Waals surface area contributed by atoms with E-state index in [1.165, 1.54) is 18.3 Å². The van der Waals surface area contributed by atoms with Gasteiger partial charge in [0, 0.05) is 34.6 Å². The molecule has 1 amide bonds. The number of H-pyrrole nitrogens is 1. The molecular weight excluding hydrogens is 554 g/mol. The predicted molar refractivity (Wildman–Crippen MR) is 139 cm³/mol. The number of rotatable bonds is 8. The Balaban J connectivity index is 1.37. The molecule has 1 aliphatic heterocycles. The molecule has 4 aromatic rings. The predicted octanol–water partition coefficient (Wildman–Crippen LogP) is 6.04. The number of aromatic nitrogens is 3. The fourth-order valence-corrected chi connectivity index (χ4v) is 4.69. The number of carbonyl (C=O) groups excluding carboxylic acids is 1. The van der Waals surface area contributed by atoms with Gasteiger partial charge in [-0.05, 0) is 61.9 Å². The molecule has 0 bridgehead atoms. The highest BCUT2D eigenvalue weighted by Crippen LogP contribution is 2.53. The van der Waals surface area contributed by atoms with E-state index in [0.717, 1.165) is 23.0 Å². The zero-order valence-electron chi connectivity index (χ0n) is 21.2. The highest BCUT2D eigenvalue weighted by molar-refractivity contribution is 6.07. The van der Waals surface area contributed by atoms with Crippen LogP contribution in [0.5, 0.6) is 0 Å². The molecule has 2 aromatic carbocycles. The van der Waals surface area contributed by atoms with Crippen LogP contribution in [0.2, 0.25) is 0 Å². The lowest BCUT2D eigenvalue weighted by molar-refractivity contribution is -0.390. The Morgan fingerprint density at radius 2 is 1.73 bits per heavy atom. The van der Waals surface area contributed by atoms with E-state index in [1.54, 1.807) is 24.4 Å². The maximum atomic E-state index is 14.1. The van der Waals surface area contributed by atoms with Gasteiger partial charge in [-0.15, -0.1) is 0 Å². The first kappa shape index (κ1) is 28.4. The number of benzene rings is 2. The quantitative estimate of drug-likeness (QED) is 0.190. The second kappa shape index (κ2) is 11.0. The molecule has 8 nitrogen and oxygen atoms in total. The molecule has 2 aromatic heterocycles. The minimum Gasteiger partial charge on any atom is -0.352 e. The fraction of sp³-hybridized carbons (Fsp3) is 0.296. The molecule has 41 heavy (non-hydrogen) atoms. The molecule has 0 spiro atoms. The molecule has 0 aliphatic carbocycles. The lowest BCUT2D eigenvalue weighted by atomic mass is 9.91. The Kier molecular flexibility index (Phi) is 7.62. The number of hydrogen-bond donors (Lipinski definition) is 4. The Morgan fingerprint density at radius 3 is 2.41 bits per heavy atom. The van der Waals surface area contributed by atoms with E-state index in [0.29, 0.717) is 37.2 Å². The van der Waals surface area contributed by atoms with Crippen molar-refractivity contribution in [2.45, 2.75) is 36.8 Å². The molecule has 4 N–H and O–H groups in total. The molecule has 14 heteroatoms. The van der Waals surface area contributed by atoms with Gasteiger partial charge in [0.2, 0.25) is 0 Å². The topological polar surface area (TPSA) is 104 Å². The smallest absolute Gasteiger partial charge is 0.352 e. The number of carbonyl (C=O) groups is 1. The maximum absolute atomic E-state index is 14.1. The number of fused-ring (bicyclic) bond motifs is 1. The fourth-order valence-electron chi connectivity index (χ4n) is 4.69. The van der Waals surface area contributed by atoms with E-state index < -0.39 is 42.1 Å². The molecule has 0 radical (unpaired) electrons. The van der Waals surface area contributed by atoms with Crippen LogP contribution in [0.3, 0.4) is 0 Å². The lowest BCUT2D eigenvalue weighted by Crippen LogP contribution is -2.57. The second-order valence-corrected chi connectivity index (χ2v) is 9.51. The largest absolute Gasteiger partial charge is 0.430 e. The molecule has 1 fully saturated rings. The average Bonchev–Trinajstić information content (AvgIpc) is 3.60. The van der Waals surface area contributed by atoms with Crippen molar-refractivity contribution in [2.24, 2.45) is 0 Å². The molecule has 5 rings (SSSR count). The molecule has 216 valence electrons. The van der Waals surface area contributed by atoms with Crippen LogP contribution in [0.1, 0.15) is 28.8 Å². The summed E-state index contributed by atoms with van der Waals surface area (Å²) in [6.07, 6.45) is -7.47. The van der Waals surface area contributed by atoms with Gasteiger partial charge in [-0.3, -0.25) is 9.89 Å². The van der Waals surface area contributed by atoms with Crippen molar-refractivity contribution in [1.29, 1.82) is 0 Å². The third-order valence-electron chi connectivity index (χ3n) is 6.77. The molecule has 1 unspecified atom stereocenters.